The molecule has 2 rings (SSSR count). The summed E-state index contributed by atoms with van der Waals surface area (Å²) in [7, 11) is 0. The van der Waals surface area contributed by atoms with E-state index in [0.29, 0.717) is 17.1 Å². The first kappa shape index (κ1) is 13.9. The maximum absolute atomic E-state index is 13.5. The van der Waals surface area contributed by atoms with Gasteiger partial charge in [0, 0.05) is 17.8 Å². The molecule has 1 N–H and O–H groups in total. The fourth-order valence-corrected chi connectivity index (χ4v) is 2.22. The van der Waals surface area contributed by atoms with Gasteiger partial charge in [-0.05, 0) is 32.9 Å². The average Bonchev–Trinajstić information content (AvgIpc) is 2.67. The van der Waals surface area contributed by atoms with E-state index in [2.05, 4.69) is 10.4 Å². The molecule has 1 aromatic carbocycles. The van der Waals surface area contributed by atoms with E-state index in [9.17, 15) is 4.39 Å². The van der Waals surface area contributed by atoms with Gasteiger partial charge in [0.15, 0.2) is 0 Å². The number of halogens is 2. The predicted octanol–water partition coefficient (Wildman–Crippen LogP) is 3.92. The lowest BCUT2D eigenvalue weighted by atomic mass is 10.2. The summed E-state index contributed by atoms with van der Waals surface area (Å²) in [5.74, 6) is -0.212. The van der Waals surface area contributed by atoms with Crippen LogP contribution in [0.5, 0.6) is 0 Å². The molecule has 2 aromatic rings. The third-order valence-electron chi connectivity index (χ3n) is 3.17. The van der Waals surface area contributed by atoms with Crippen LogP contribution in [0, 0.1) is 19.7 Å². The van der Waals surface area contributed by atoms with E-state index in [0.717, 1.165) is 23.6 Å². The number of nitrogens with zero attached hydrogens (tertiary/aromatic N) is 2. The van der Waals surface area contributed by atoms with Crippen LogP contribution < -0.4 is 5.32 Å². The first-order valence-electron chi connectivity index (χ1n) is 6.25. The van der Waals surface area contributed by atoms with E-state index >= 15 is 0 Å². The zero-order chi connectivity index (χ0) is 14.0. The fraction of sp³-hybridized carbons (Fsp3) is 0.357. The van der Waals surface area contributed by atoms with Gasteiger partial charge in [-0.1, -0.05) is 17.7 Å². The molecule has 0 aliphatic rings. The van der Waals surface area contributed by atoms with E-state index in [-0.39, 0.29) is 5.82 Å². The Bertz CT molecular complexity index is 593. The first-order chi connectivity index (χ1) is 9.04. The zero-order valence-electron chi connectivity index (χ0n) is 11.3. The van der Waals surface area contributed by atoms with Crippen LogP contribution in [0.15, 0.2) is 18.2 Å². The summed E-state index contributed by atoms with van der Waals surface area (Å²) in [6, 6.07) is 4.99. The topological polar surface area (TPSA) is 29.9 Å². The van der Waals surface area contributed by atoms with Crippen LogP contribution in [0.4, 0.5) is 10.1 Å². The highest BCUT2D eigenvalue weighted by atomic mass is 35.5. The van der Waals surface area contributed by atoms with Gasteiger partial charge in [0.1, 0.15) is 5.82 Å². The van der Waals surface area contributed by atoms with Gasteiger partial charge in [-0.2, -0.15) is 5.10 Å². The van der Waals surface area contributed by atoms with Gasteiger partial charge in [-0.15, -0.1) is 0 Å². The lowest BCUT2D eigenvalue weighted by molar-refractivity contribution is 0.616. The van der Waals surface area contributed by atoms with Crippen molar-refractivity contribution >= 4 is 17.3 Å². The average molecular weight is 282 g/mol. The molecule has 3 nitrogen and oxygen atoms in total. The second-order valence-corrected chi connectivity index (χ2v) is 4.81. The van der Waals surface area contributed by atoms with Crippen molar-refractivity contribution in [3.8, 4) is 0 Å². The Balaban J connectivity index is 2.21. The molecule has 0 aliphatic heterocycles. The van der Waals surface area contributed by atoms with Crippen molar-refractivity contribution in [2.75, 3.05) is 5.32 Å². The third-order valence-corrected chi connectivity index (χ3v) is 3.66. The van der Waals surface area contributed by atoms with Crippen molar-refractivity contribution < 1.29 is 4.39 Å². The van der Waals surface area contributed by atoms with E-state index in [1.54, 1.807) is 13.0 Å². The van der Waals surface area contributed by atoms with Crippen molar-refractivity contribution in [2.45, 2.75) is 33.9 Å². The Morgan fingerprint density at radius 1 is 1.37 bits per heavy atom. The van der Waals surface area contributed by atoms with Crippen LogP contribution in [-0.4, -0.2) is 9.78 Å². The minimum Gasteiger partial charge on any atom is -0.379 e. The number of nitrogens with one attached hydrogen (secondary N) is 1. The molecule has 102 valence electrons. The van der Waals surface area contributed by atoms with Crippen LogP contribution >= 0.6 is 11.6 Å². The molecule has 0 amide bonds. The van der Waals surface area contributed by atoms with Gasteiger partial charge in [0.05, 0.1) is 23.0 Å². The molecule has 19 heavy (non-hydrogen) atoms. The van der Waals surface area contributed by atoms with E-state index in [1.165, 1.54) is 6.07 Å². The largest absolute Gasteiger partial charge is 0.379 e. The molecule has 0 radical (unpaired) electrons. The molecule has 0 saturated carbocycles. The molecule has 1 heterocycles. The highest BCUT2D eigenvalue weighted by molar-refractivity contribution is 6.31. The molecular formula is C14H17ClFN3. The fourth-order valence-electron chi connectivity index (χ4n) is 2.02. The maximum atomic E-state index is 13.5. The van der Waals surface area contributed by atoms with Crippen LogP contribution in [0.2, 0.25) is 5.02 Å². The summed E-state index contributed by atoms with van der Waals surface area (Å²) in [6.45, 7) is 6.93. The SMILES string of the molecule is CCn1nc(C)c(Cl)c1CNc1cccc(F)c1C. The number of aryl methyl sites for hydroxylation is 2. The van der Waals surface area contributed by atoms with Gasteiger partial charge in [-0.25, -0.2) is 4.39 Å². The molecule has 0 fully saturated rings. The standard InChI is InChI=1S/C14H17ClFN3/c1-4-19-13(14(15)10(3)18-19)8-17-12-7-5-6-11(16)9(12)2/h5-7,17H,4,8H2,1-3H3. The quantitative estimate of drug-likeness (QED) is 0.920. The van der Waals surface area contributed by atoms with E-state index in [1.807, 2.05) is 24.6 Å². The van der Waals surface area contributed by atoms with Gasteiger partial charge in [0.25, 0.3) is 0 Å². The van der Waals surface area contributed by atoms with Gasteiger partial charge in [-0.3, -0.25) is 4.68 Å². The zero-order valence-corrected chi connectivity index (χ0v) is 12.1. The Kier molecular flexibility index (Phi) is 4.10. The normalized spacial score (nSPS) is 10.8. The van der Waals surface area contributed by atoms with E-state index < -0.39 is 0 Å². The lowest BCUT2D eigenvalue weighted by Crippen LogP contribution is -2.09. The number of aromatic nitrogens is 2. The van der Waals surface area contributed by atoms with Crippen LogP contribution in [0.3, 0.4) is 0 Å². The number of anilines is 1. The molecule has 0 aliphatic carbocycles. The number of hydrogen-bond donors (Lipinski definition) is 1. The Hall–Kier alpha value is -1.55. The van der Waals surface area contributed by atoms with Crippen LogP contribution in [0.1, 0.15) is 23.9 Å². The second kappa shape index (κ2) is 5.61. The van der Waals surface area contributed by atoms with Crippen molar-refractivity contribution in [1.29, 1.82) is 0 Å². The van der Waals surface area contributed by atoms with Crippen molar-refractivity contribution in [1.82, 2.24) is 9.78 Å². The molecule has 5 heteroatoms. The number of rotatable bonds is 4. The summed E-state index contributed by atoms with van der Waals surface area (Å²) in [6.07, 6.45) is 0. The second-order valence-electron chi connectivity index (χ2n) is 4.43. The Morgan fingerprint density at radius 2 is 2.11 bits per heavy atom. The third kappa shape index (κ3) is 2.73. The molecule has 0 saturated heterocycles. The molecule has 1 aromatic heterocycles. The van der Waals surface area contributed by atoms with Gasteiger partial charge in [0.2, 0.25) is 0 Å². The minimum atomic E-state index is -0.212. The lowest BCUT2D eigenvalue weighted by Gasteiger charge is -2.11. The predicted molar refractivity (Wildman–Crippen MR) is 76.1 cm³/mol. The Labute approximate surface area is 117 Å². The molecular weight excluding hydrogens is 265 g/mol. The minimum absolute atomic E-state index is 0.212. The Morgan fingerprint density at radius 3 is 2.79 bits per heavy atom. The molecule has 0 unspecified atom stereocenters. The summed E-state index contributed by atoms with van der Waals surface area (Å²) in [5.41, 5.74) is 3.12. The smallest absolute Gasteiger partial charge is 0.128 e. The van der Waals surface area contributed by atoms with Crippen molar-refractivity contribution in [3.05, 3.63) is 46.0 Å². The number of hydrogen-bond acceptors (Lipinski definition) is 2. The molecule has 0 bridgehead atoms. The summed E-state index contributed by atoms with van der Waals surface area (Å²) in [5, 5.41) is 8.24. The van der Waals surface area contributed by atoms with Gasteiger partial charge >= 0.3 is 0 Å². The highest BCUT2D eigenvalue weighted by Crippen LogP contribution is 2.23. The monoisotopic (exact) mass is 281 g/mol. The molecule has 0 spiro atoms. The summed E-state index contributed by atoms with van der Waals surface area (Å²) in [4.78, 5) is 0. The highest BCUT2D eigenvalue weighted by Gasteiger charge is 2.12. The summed E-state index contributed by atoms with van der Waals surface area (Å²) < 4.78 is 15.3. The summed E-state index contributed by atoms with van der Waals surface area (Å²) >= 11 is 6.23. The van der Waals surface area contributed by atoms with Crippen LogP contribution in [0.25, 0.3) is 0 Å². The number of benzene rings is 1. The molecule has 0 atom stereocenters. The van der Waals surface area contributed by atoms with E-state index in [4.69, 9.17) is 11.6 Å². The maximum Gasteiger partial charge on any atom is 0.128 e. The van der Waals surface area contributed by atoms with Crippen molar-refractivity contribution in [3.63, 3.8) is 0 Å². The van der Waals surface area contributed by atoms with Gasteiger partial charge < -0.3 is 5.32 Å². The van der Waals surface area contributed by atoms with Crippen LogP contribution in [-0.2, 0) is 13.1 Å². The van der Waals surface area contributed by atoms with Crippen molar-refractivity contribution in [2.24, 2.45) is 0 Å². The first-order valence-corrected chi connectivity index (χ1v) is 6.63.